The van der Waals surface area contributed by atoms with Gasteiger partial charge in [0.15, 0.2) is 0 Å². The second-order valence-electron chi connectivity index (χ2n) is 3.61. The van der Waals surface area contributed by atoms with E-state index in [9.17, 15) is 9.59 Å². The fourth-order valence-electron chi connectivity index (χ4n) is 1.26. The number of hydrogen-bond donors (Lipinski definition) is 3. The molecule has 7 heteroatoms. The summed E-state index contributed by atoms with van der Waals surface area (Å²) in [7, 11) is 0. The van der Waals surface area contributed by atoms with E-state index in [0.717, 1.165) is 0 Å². The number of amides is 1. The van der Waals surface area contributed by atoms with Crippen molar-refractivity contribution in [1.29, 1.82) is 0 Å². The summed E-state index contributed by atoms with van der Waals surface area (Å²) in [6.07, 6.45) is 1.12. The molecule has 1 amide bonds. The summed E-state index contributed by atoms with van der Waals surface area (Å²) in [6, 6.07) is 0. The molecule has 1 atom stereocenters. The number of carbonyl (C=O) groups excluding carboxylic acids is 1. The summed E-state index contributed by atoms with van der Waals surface area (Å²) in [6.45, 7) is 3.73. The quantitative estimate of drug-likeness (QED) is 0.658. The second kappa shape index (κ2) is 5.97. The number of nitrogens with zero attached hydrogens (tertiary/aromatic N) is 2. The maximum atomic E-state index is 11.6. The number of hydrogen-bond acceptors (Lipinski definition) is 4. The highest BCUT2D eigenvalue weighted by Gasteiger charge is 2.18. The minimum absolute atomic E-state index is 0.0436. The fraction of sp³-hybridized carbons (Fsp3) is 0.600. The average molecular weight is 240 g/mol. The molecule has 0 fully saturated rings. The Bertz CT molecular complexity index is 402. The molecule has 94 valence electrons. The van der Waals surface area contributed by atoms with Gasteiger partial charge in [0.1, 0.15) is 5.82 Å². The summed E-state index contributed by atoms with van der Waals surface area (Å²) in [5, 5.41) is 17.7. The van der Waals surface area contributed by atoms with E-state index in [1.54, 1.807) is 6.92 Å². The van der Waals surface area contributed by atoms with Crippen LogP contribution in [-0.4, -0.2) is 38.7 Å². The predicted octanol–water partition coefficient (Wildman–Crippen LogP) is 0.208. The van der Waals surface area contributed by atoms with Crippen LogP contribution in [0.1, 0.15) is 36.7 Å². The lowest BCUT2D eigenvalue weighted by Crippen LogP contribution is -2.33. The SMILES string of the molecule is CCc1nc(C(=O)NCC(CC)C(=O)O)n[nH]1. The Balaban J connectivity index is 2.52. The smallest absolute Gasteiger partial charge is 0.308 e. The molecule has 1 rings (SSSR count). The van der Waals surface area contributed by atoms with Gasteiger partial charge in [0.05, 0.1) is 5.92 Å². The summed E-state index contributed by atoms with van der Waals surface area (Å²) in [5.41, 5.74) is 0. The van der Waals surface area contributed by atoms with E-state index in [1.165, 1.54) is 0 Å². The minimum Gasteiger partial charge on any atom is -0.481 e. The van der Waals surface area contributed by atoms with E-state index in [0.29, 0.717) is 18.7 Å². The molecule has 0 spiro atoms. The molecular formula is C10H16N4O3. The van der Waals surface area contributed by atoms with Gasteiger partial charge in [0.2, 0.25) is 5.82 Å². The van der Waals surface area contributed by atoms with E-state index in [-0.39, 0.29) is 12.4 Å². The molecule has 1 heterocycles. The van der Waals surface area contributed by atoms with Crippen LogP contribution >= 0.6 is 0 Å². The van der Waals surface area contributed by atoms with Crippen molar-refractivity contribution in [3.05, 3.63) is 11.6 Å². The lowest BCUT2D eigenvalue weighted by Gasteiger charge is -2.09. The first-order valence-corrected chi connectivity index (χ1v) is 5.50. The van der Waals surface area contributed by atoms with Gasteiger partial charge in [-0.3, -0.25) is 14.7 Å². The summed E-state index contributed by atoms with van der Waals surface area (Å²) in [4.78, 5) is 26.3. The molecule has 0 saturated carbocycles. The molecule has 0 aliphatic carbocycles. The first kappa shape index (κ1) is 13.1. The third kappa shape index (κ3) is 3.54. The first-order valence-electron chi connectivity index (χ1n) is 5.50. The highest BCUT2D eigenvalue weighted by Crippen LogP contribution is 2.01. The van der Waals surface area contributed by atoms with Crippen LogP contribution in [0.15, 0.2) is 0 Å². The Labute approximate surface area is 98.6 Å². The summed E-state index contributed by atoms with van der Waals surface area (Å²) in [5.74, 6) is -1.29. The Morgan fingerprint density at radius 1 is 1.47 bits per heavy atom. The van der Waals surface area contributed by atoms with Crippen molar-refractivity contribution in [2.24, 2.45) is 5.92 Å². The molecule has 1 aromatic heterocycles. The lowest BCUT2D eigenvalue weighted by molar-refractivity contribution is -0.141. The van der Waals surface area contributed by atoms with Crippen LogP contribution in [-0.2, 0) is 11.2 Å². The van der Waals surface area contributed by atoms with E-state index in [2.05, 4.69) is 20.5 Å². The van der Waals surface area contributed by atoms with Crippen molar-refractivity contribution in [2.45, 2.75) is 26.7 Å². The van der Waals surface area contributed by atoms with Crippen molar-refractivity contribution in [2.75, 3.05) is 6.54 Å². The number of carboxylic acid groups (broad SMARTS) is 1. The van der Waals surface area contributed by atoms with E-state index >= 15 is 0 Å². The number of carboxylic acids is 1. The van der Waals surface area contributed by atoms with Crippen LogP contribution < -0.4 is 5.32 Å². The number of carbonyl (C=O) groups is 2. The van der Waals surface area contributed by atoms with Gasteiger partial charge in [0.25, 0.3) is 5.91 Å². The first-order chi connectivity index (χ1) is 8.08. The fourth-order valence-corrected chi connectivity index (χ4v) is 1.26. The van der Waals surface area contributed by atoms with Crippen molar-refractivity contribution >= 4 is 11.9 Å². The standard InChI is InChI=1S/C10H16N4O3/c1-3-6(10(16)17)5-11-9(15)8-12-7(4-2)13-14-8/h6H,3-5H2,1-2H3,(H,11,15)(H,16,17)(H,12,13,14). The third-order valence-corrected chi connectivity index (χ3v) is 2.42. The van der Waals surface area contributed by atoms with Gasteiger partial charge in [0, 0.05) is 13.0 Å². The van der Waals surface area contributed by atoms with E-state index in [4.69, 9.17) is 5.11 Å². The molecule has 17 heavy (non-hydrogen) atoms. The Kier molecular flexibility index (Phi) is 4.62. The minimum atomic E-state index is -0.919. The van der Waals surface area contributed by atoms with Gasteiger partial charge in [-0.05, 0) is 6.42 Å². The summed E-state index contributed by atoms with van der Waals surface area (Å²) >= 11 is 0. The van der Waals surface area contributed by atoms with Crippen molar-refractivity contribution in [3.8, 4) is 0 Å². The number of aryl methyl sites for hydroxylation is 1. The number of aromatic nitrogens is 3. The monoisotopic (exact) mass is 240 g/mol. The van der Waals surface area contributed by atoms with Crippen molar-refractivity contribution in [1.82, 2.24) is 20.5 Å². The second-order valence-corrected chi connectivity index (χ2v) is 3.61. The van der Waals surface area contributed by atoms with Gasteiger partial charge in [-0.15, -0.1) is 5.10 Å². The normalized spacial score (nSPS) is 12.1. The zero-order chi connectivity index (χ0) is 12.8. The molecule has 1 unspecified atom stereocenters. The van der Waals surface area contributed by atoms with Crippen molar-refractivity contribution in [3.63, 3.8) is 0 Å². The number of rotatable bonds is 6. The van der Waals surface area contributed by atoms with Crippen LogP contribution in [0.5, 0.6) is 0 Å². The van der Waals surface area contributed by atoms with Crippen molar-refractivity contribution < 1.29 is 14.7 Å². The molecular weight excluding hydrogens is 224 g/mol. The average Bonchev–Trinajstić information content (AvgIpc) is 2.77. The highest BCUT2D eigenvalue weighted by atomic mass is 16.4. The van der Waals surface area contributed by atoms with E-state index < -0.39 is 17.8 Å². The van der Waals surface area contributed by atoms with E-state index in [1.807, 2.05) is 6.92 Å². The number of H-pyrrole nitrogens is 1. The molecule has 0 aliphatic heterocycles. The number of aromatic amines is 1. The topological polar surface area (TPSA) is 108 Å². The maximum Gasteiger partial charge on any atom is 0.308 e. The van der Waals surface area contributed by atoms with Gasteiger partial charge in [-0.1, -0.05) is 13.8 Å². The molecule has 0 radical (unpaired) electrons. The molecule has 0 bridgehead atoms. The van der Waals surface area contributed by atoms with Crippen LogP contribution in [0.2, 0.25) is 0 Å². The molecule has 0 aliphatic rings. The maximum absolute atomic E-state index is 11.6. The Morgan fingerprint density at radius 3 is 2.65 bits per heavy atom. The van der Waals surface area contributed by atoms with Gasteiger partial charge < -0.3 is 10.4 Å². The zero-order valence-corrected chi connectivity index (χ0v) is 9.86. The zero-order valence-electron chi connectivity index (χ0n) is 9.86. The Hall–Kier alpha value is -1.92. The number of nitrogens with one attached hydrogen (secondary N) is 2. The Morgan fingerprint density at radius 2 is 2.18 bits per heavy atom. The molecule has 3 N–H and O–H groups in total. The lowest BCUT2D eigenvalue weighted by atomic mass is 10.1. The number of aliphatic carboxylic acids is 1. The van der Waals surface area contributed by atoms with Crippen LogP contribution in [0.3, 0.4) is 0 Å². The molecule has 7 nitrogen and oxygen atoms in total. The van der Waals surface area contributed by atoms with Crippen LogP contribution in [0.25, 0.3) is 0 Å². The van der Waals surface area contributed by atoms with Crippen LogP contribution in [0.4, 0.5) is 0 Å². The summed E-state index contributed by atoms with van der Waals surface area (Å²) < 4.78 is 0. The predicted molar refractivity (Wildman–Crippen MR) is 59.5 cm³/mol. The molecule has 0 saturated heterocycles. The van der Waals surface area contributed by atoms with Gasteiger partial charge >= 0.3 is 5.97 Å². The largest absolute Gasteiger partial charge is 0.481 e. The molecule has 0 aromatic carbocycles. The highest BCUT2D eigenvalue weighted by molar-refractivity contribution is 5.90. The van der Waals surface area contributed by atoms with Gasteiger partial charge in [-0.25, -0.2) is 4.98 Å². The third-order valence-electron chi connectivity index (χ3n) is 2.42. The molecule has 1 aromatic rings. The van der Waals surface area contributed by atoms with Crippen LogP contribution in [0, 0.1) is 5.92 Å². The van der Waals surface area contributed by atoms with Gasteiger partial charge in [-0.2, -0.15) is 0 Å².